The van der Waals surface area contributed by atoms with E-state index in [2.05, 4.69) is 5.32 Å². The highest BCUT2D eigenvalue weighted by molar-refractivity contribution is 7.92. The smallest absolute Gasteiger partial charge is 0.264 e. The first kappa shape index (κ1) is 32.0. The minimum atomic E-state index is -4.14. The Balaban J connectivity index is 2.00. The number of ether oxygens (including phenoxy) is 1. The highest BCUT2D eigenvalue weighted by atomic mass is 35.5. The SMILES string of the molecule is CCCCNC(=O)[C@H](C)N(Cc1cccc(Cl)c1)C(=O)CN(c1ccc(OCC)cc1)S(=O)(=O)c1ccc(C)cc1. The van der Waals surface area contributed by atoms with Gasteiger partial charge in [0.1, 0.15) is 18.3 Å². The molecule has 0 spiro atoms. The van der Waals surface area contributed by atoms with Crippen LogP contribution in [-0.2, 0) is 26.2 Å². The van der Waals surface area contributed by atoms with Crippen LogP contribution >= 0.6 is 11.6 Å². The van der Waals surface area contributed by atoms with Gasteiger partial charge in [0.25, 0.3) is 10.0 Å². The first-order valence-corrected chi connectivity index (χ1v) is 15.5. The number of aryl methyl sites for hydroxylation is 1. The van der Waals surface area contributed by atoms with E-state index in [0.717, 1.165) is 22.7 Å². The Kier molecular flexibility index (Phi) is 11.6. The van der Waals surface area contributed by atoms with Crippen LogP contribution in [0.1, 0.15) is 44.7 Å². The van der Waals surface area contributed by atoms with Crippen LogP contribution in [-0.4, -0.2) is 50.9 Å². The summed E-state index contributed by atoms with van der Waals surface area (Å²) in [4.78, 5) is 28.5. The highest BCUT2D eigenvalue weighted by Gasteiger charge is 2.32. The van der Waals surface area contributed by atoms with Crippen LogP contribution in [0.25, 0.3) is 0 Å². The number of rotatable bonds is 14. The van der Waals surface area contributed by atoms with Gasteiger partial charge < -0.3 is 15.0 Å². The molecule has 0 saturated carbocycles. The minimum absolute atomic E-state index is 0.0523. The van der Waals surface area contributed by atoms with Crippen LogP contribution in [0, 0.1) is 6.92 Å². The average molecular weight is 600 g/mol. The molecule has 3 aromatic rings. The zero-order valence-electron chi connectivity index (χ0n) is 24.0. The van der Waals surface area contributed by atoms with Crippen molar-refractivity contribution in [2.45, 2.75) is 58.0 Å². The number of anilines is 1. The maximum absolute atomic E-state index is 14.0. The molecule has 0 aromatic heterocycles. The second-order valence-corrected chi connectivity index (χ2v) is 12.0. The second kappa shape index (κ2) is 14.9. The average Bonchev–Trinajstić information content (AvgIpc) is 2.95. The summed E-state index contributed by atoms with van der Waals surface area (Å²) in [7, 11) is -4.14. The molecule has 3 rings (SSSR count). The number of nitrogens with one attached hydrogen (secondary N) is 1. The Morgan fingerprint density at radius 2 is 1.68 bits per heavy atom. The van der Waals surface area contributed by atoms with Gasteiger partial charge in [0.05, 0.1) is 17.2 Å². The van der Waals surface area contributed by atoms with E-state index in [0.29, 0.717) is 35.2 Å². The van der Waals surface area contributed by atoms with Gasteiger partial charge in [0.2, 0.25) is 11.8 Å². The van der Waals surface area contributed by atoms with Gasteiger partial charge in [-0.1, -0.05) is 54.8 Å². The van der Waals surface area contributed by atoms with Crippen molar-refractivity contribution in [2.24, 2.45) is 0 Å². The zero-order chi connectivity index (χ0) is 30.0. The van der Waals surface area contributed by atoms with Gasteiger partial charge in [0, 0.05) is 18.1 Å². The van der Waals surface area contributed by atoms with Crippen molar-refractivity contribution >= 4 is 39.1 Å². The van der Waals surface area contributed by atoms with E-state index in [-0.39, 0.29) is 17.3 Å². The van der Waals surface area contributed by atoms with Gasteiger partial charge in [-0.3, -0.25) is 13.9 Å². The van der Waals surface area contributed by atoms with Crippen LogP contribution in [0.3, 0.4) is 0 Å². The lowest BCUT2D eigenvalue weighted by Gasteiger charge is -2.32. The van der Waals surface area contributed by atoms with Gasteiger partial charge >= 0.3 is 0 Å². The van der Waals surface area contributed by atoms with Crippen molar-refractivity contribution in [2.75, 3.05) is 24.0 Å². The third kappa shape index (κ3) is 8.71. The third-order valence-corrected chi connectivity index (χ3v) is 8.59. The van der Waals surface area contributed by atoms with Crippen molar-refractivity contribution < 1.29 is 22.7 Å². The lowest BCUT2D eigenvalue weighted by atomic mass is 10.1. The van der Waals surface area contributed by atoms with E-state index >= 15 is 0 Å². The molecule has 0 aliphatic heterocycles. The molecule has 0 unspecified atom stereocenters. The van der Waals surface area contributed by atoms with E-state index in [4.69, 9.17) is 16.3 Å². The molecule has 0 saturated heterocycles. The minimum Gasteiger partial charge on any atom is -0.494 e. The lowest BCUT2D eigenvalue weighted by molar-refractivity contribution is -0.139. The van der Waals surface area contributed by atoms with E-state index < -0.39 is 28.5 Å². The molecule has 41 heavy (non-hydrogen) atoms. The van der Waals surface area contributed by atoms with Crippen LogP contribution in [0.2, 0.25) is 5.02 Å². The Morgan fingerprint density at radius 1 is 1.00 bits per heavy atom. The van der Waals surface area contributed by atoms with Crippen molar-refractivity contribution in [3.05, 3.63) is 88.9 Å². The summed E-state index contributed by atoms with van der Waals surface area (Å²) in [5.74, 6) is -0.272. The Hall–Kier alpha value is -3.56. The van der Waals surface area contributed by atoms with E-state index in [1.165, 1.54) is 17.0 Å². The molecule has 8 nitrogen and oxygen atoms in total. The highest BCUT2D eigenvalue weighted by Crippen LogP contribution is 2.27. The first-order chi connectivity index (χ1) is 19.6. The number of amides is 2. The van der Waals surface area contributed by atoms with Crippen molar-refractivity contribution in [1.82, 2.24) is 10.2 Å². The summed E-state index contributed by atoms with van der Waals surface area (Å²) in [5.41, 5.74) is 1.92. The fourth-order valence-corrected chi connectivity index (χ4v) is 5.82. The molecule has 3 aromatic carbocycles. The molecular formula is C31H38ClN3O5S. The molecule has 0 fully saturated rings. The number of halogens is 1. The van der Waals surface area contributed by atoms with Crippen LogP contribution in [0.5, 0.6) is 5.75 Å². The summed E-state index contributed by atoms with van der Waals surface area (Å²) >= 11 is 6.19. The number of unbranched alkanes of at least 4 members (excludes halogenated alkanes) is 1. The third-order valence-electron chi connectivity index (χ3n) is 6.56. The number of sulfonamides is 1. The molecule has 2 amide bonds. The van der Waals surface area contributed by atoms with Crippen molar-refractivity contribution in [3.63, 3.8) is 0 Å². The number of nitrogens with zero attached hydrogens (tertiary/aromatic N) is 2. The van der Waals surface area contributed by atoms with Crippen LogP contribution < -0.4 is 14.4 Å². The number of benzene rings is 3. The zero-order valence-corrected chi connectivity index (χ0v) is 25.5. The summed E-state index contributed by atoms with van der Waals surface area (Å²) < 4.78 is 34.4. The monoisotopic (exact) mass is 599 g/mol. The quantitative estimate of drug-likeness (QED) is 0.244. The Labute approximate surface area is 248 Å². The first-order valence-electron chi connectivity index (χ1n) is 13.7. The molecule has 10 heteroatoms. The molecule has 1 atom stereocenters. The van der Waals surface area contributed by atoms with Gasteiger partial charge in [-0.25, -0.2) is 8.42 Å². The maximum atomic E-state index is 14.0. The van der Waals surface area contributed by atoms with Gasteiger partial charge in [-0.15, -0.1) is 0 Å². The molecule has 0 bridgehead atoms. The van der Waals surface area contributed by atoms with Crippen LogP contribution in [0.4, 0.5) is 5.69 Å². The molecule has 0 aliphatic rings. The summed E-state index contributed by atoms with van der Waals surface area (Å²) in [5, 5.41) is 3.37. The maximum Gasteiger partial charge on any atom is 0.264 e. The number of carbonyl (C=O) groups excluding carboxylic acids is 2. The van der Waals surface area contributed by atoms with Gasteiger partial charge in [0.15, 0.2) is 0 Å². The second-order valence-electron chi connectivity index (χ2n) is 9.72. The van der Waals surface area contributed by atoms with Gasteiger partial charge in [-0.2, -0.15) is 0 Å². The van der Waals surface area contributed by atoms with Crippen LogP contribution in [0.15, 0.2) is 77.7 Å². The topological polar surface area (TPSA) is 96.0 Å². The normalized spacial score (nSPS) is 11.9. The number of carbonyl (C=O) groups is 2. The summed E-state index contributed by atoms with van der Waals surface area (Å²) in [6.07, 6.45) is 1.72. The standard InChI is InChI=1S/C31H38ClN3O5S/c1-5-7-19-33-31(37)24(4)34(21-25-9-8-10-26(32)20-25)30(36)22-35(27-13-15-28(16-14-27)40-6-2)41(38,39)29-17-11-23(3)12-18-29/h8-18,20,24H,5-7,19,21-22H2,1-4H3,(H,33,37)/t24-/m0/s1. The summed E-state index contributed by atoms with van der Waals surface area (Å²) in [6.45, 7) is 7.88. The van der Waals surface area contributed by atoms with E-state index in [1.54, 1.807) is 67.6 Å². The molecule has 0 heterocycles. The van der Waals surface area contributed by atoms with E-state index in [1.807, 2.05) is 20.8 Å². The Bertz CT molecular complexity index is 1410. The fourth-order valence-electron chi connectivity index (χ4n) is 4.19. The predicted molar refractivity (Wildman–Crippen MR) is 163 cm³/mol. The molecule has 1 N–H and O–H groups in total. The molecule has 220 valence electrons. The predicted octanol–water partition coefficient (Wildman–Crippen LogP) is 5.58. The molecule has 0 radical (unpaired) electrons. The van der Waals surface area contributed by atoms with Crippen molar-refractivity contribution in [1.29, 1.82) is 0 Å². The fraction of sp³-hybridized carbons (Fsp3) is 0.355. The van der Waals surface area contributed by atoms with E-state index in [9.17, 15) is 18.0 Å². The Morgan fingerprint density at radius 3 is 2.29 bits per heavy atom. The lowest BCUT2D eigenvalue weighted by Crippen LogP contribution is -2.51. The van der Waals surface area contributed by atoms with Crippen molar-refractivity contribution in [3.8, 4) is 5.75 Å². The molecular weight excluding hydrogens is 562 g/mol. The number of hydrogen-bond acceptors (Lipinski definition) is 5. The largest absolute Gasteiger partial charge is 0.494 e. The summed E-state index contributed by atoms with van der Waals surface area (Å²) in [6, 6.07) is 19.1. The van der Waals surface area contributed by atoms with Gasteiger partial charge in [-0.05, 0) is 81.3 Å². The number of hydrogen-bond donors (Lipinski definition) is 1. The molecule has 0 aliphatic carbocycles.